The second-order valence-electron chi connectivity index (χ2n) is 7.13. The molecule has 130 valence electrons. The summed E-state index contributed by atoms with van der Waals surface area (Å²) in [6.45, 7) is 2.78. The van der Waals surface area contributed by atoms with Crippen molar-refractivity contribution in [3.8, 4) is 0 Å². The van der Waals surface area contributed by atoms with Crippen LogP contribution >= 0.6 is 0 Å². The number of benzene rings is 2. The molecule has 5 rings (SSSR count). The van der Waals surface area contributed by atoms with E-state index in [1.807, 2.05) is 18.2 Å². The summed E-state index contributed by atoms with van der Waals surface area (Å²) < 4.78 is 0. The predicted octanol–water partition coefficient (Wildman–Crippen LogP) is 3.29. The third-order valence-electron chi connectivity index (χ3n) is 5.56. The van der Waals surface area contributed by atoms with Crippen LogP contribution in [0.5, 0.6) is 0 Å². The Hall–Kier alpha value is -2.92. The number of Topliss-reactive ketones (excluding diaryl/α,β-unsaturated/α-hetero) is 1. The molecule has 0 spiro atoms. The van der Waals surface area contributed by atoms with E-state index in [-0.39, 0.29) is 5.92 Å². The Morgan fingerprint density at radius 3 is 2.88 bits per heavy atom. The van der Waals surface area contributed by atoms with Crippen LogP contribution in [-0.4, -0.2) is 34.7 Å². The molecule has 5 heteroatoms. The van der Waals surface area contributed by atoms with Crippen LogP contribution in [-0.2, 0) is 11.3 Å². The molecule has 1 unspecified atom stereocenters. The molecule has 3 heterocycles. The van der Waals surface area contributed by atoms with Crippen molar-refractivity contribution in [2.75, 3.05) is 18.4 Å². The Morgan fingerprint density at radius 2 is 1.96 bits per heavy atom. The van der Waals surface area contributed by atoms with E-state index in [0.29, 0.717) is 11.3 Å². The fraction of sp³-hybridized carbons (Fsp3) is 0.238. The highest BCUT2D eigenvalue weighted by molar-refractivity contribution is 6.52. The van der Waals surface area contributed by atoms with Gasteiger partial charge in [-0.15, -0.1) is 0 Å². The number of hydrogen-bond acceptors (Lipinski definition) is 3. The van der Waals surface area contributed by atoms with Gasteiger partial charge in [0.05, 0.1) is 11.3 Å². The van der Waals surface area contributed by atoms with E-state index in [1.54, 1.807) is 6.07 Å². The molecule has 0 bridgehead atoms. The van der Waals surface area contributed by atoms with Crippen LogP contribution in [0.2, 0.25) is 0 Å². The third kappa shape index (κ3) is 2.35. The molecule has 1 saturated heterocycles. The summed E-state index contributed by atoms with van der Waals surface area (Å²) in [4.78, 5) is 29.7. The Morgan fingerprint density at radius 1 is 1.08 bits per heavy atom. The number of H-pyrrole nitrogens is 1. The number of fused-ring (bicyclic) bond motifs is 2. The fourth-order valence-corrected chi connectivity index (χ4v) is 4.29. The van der Waals surface area contributed by atoms with E-state index in [1.165, 1.54) is 10.9 Å². The first-order chi connectivity index (χ1) is 12.7. The largest absolute Gasteiger partial charge is 0.361 e. The van der Waals surface area contributed by atoms with Crippen LogP contribution in [0.1, 0.15) is 33.8 Å². The molecule has 1 fully saturated rings. The van der Waals surface area contributed by atoms with Crippen LogP contribution in [0.3, 0.4) is 0 Å². The molecule has 0 saturated carbocycles. The molecule has 2 aromatic carbocycles. The first-order valence-electron chi connectivity index (χ1n) is 8.96. The number of amides is 1. The molecule has 1 amide bonds. The number of aromatic nitrogens is 1. The van der Waals surface area contributed by atoms with Crippen LogP contribution < -0.4 is 5.32 Å². The van der Waals surface area contributed by atoms with Gasteiger partial charge in [0.1, 0.15) is 0 Å². The lowest BCUT2D eigenvalue weighted by atomic mass is 9.91. The lowest BCUT2D eigenvalue weighted by molar-refractivity contribution is -0.112. The van der Waals surface area contributed by atoms with Gasteiger partial charge in [-0.05, 0) is 42.1 Å². The van der Waals surface area contributed by atoms with Gasteiger partial charge in [-0.2, -0.15) is 0 Å². The minimum atomic E-state index is -0.513. The fourth-order valence-electron chi connectivity index (χ4n) is 4.29. The molecule has 1 aromatic heterocycles. The number of carbonyl (C=O) groups is 2. The van der Waals surface area contributed by atoms with Crippen molar-refractivity contribution >= 4 is 28.3 Å². The third-order valence-corrected chi connectivity index (χ3v) is 5.56. The first kappa shape index (κ1) is 15.3. The van der Waals surface area contributed by atoms with E-state index >= 15 is 0 Å². The second-order valence-corrected chi connectivity index (χ2v) is 7.13. The molecule has 1 atom stereocenters. The van der Waals surface area contributed by atoms with E-state index in [9.17, 15) is 9.59 Å². The first-order valence-corrected chi connectivity index (χ1v) is 8.96. The van der Waals surface area contributed by atoms with Gasteiger partial charge in [0.25, 0.3) is 11.7 Å². The zero-order valence-corrected chi connectivity index (χ0v) is 14.3. The van der Waals surface area contributed by atoms with Crippen LogP contribution in [0.15, 0.2) is 48.7 Å². The van der Waals surface area contributed by atoms with Gasteiger partial charge >= 0.3 is 0 Å². The summed E-state index contributed by atoms with van der Waals surface area (Å²) in [5.41, 5.74) is 4.71. The van der Waals surface area contributed by atoms with E-state index in [2.05, 4.69) is 39.6 Å². The number of nitrogens with one attached hydrogen (secondary N) is 2. The maximum atomic E-state index is 12.2. The van der Waals surface area contributed by atoms with Gasteiger partial charge in [0, 0.05) is 30.2 Å². The lowest BCUT2D eigenvalue weighted by Gasteiger charge is -2.17. The minimum Gasteiger partial charge on any atom is -0.361 e. The van der Waals surface area contributed by atoms with Crippen LogP contribution in [0.4, 0.5) is 5.69 Å². The maximum Gasteiger partial charge on any atom is 0.296 e. The highest BCUT2D eigenvalue weighted by atomic mass is 16.2. The van der Waals surface area contributed by atoms with Crippen LogP contribution in [0.25, 0.3) is 10.9 Å². The number of nitrogens with zero attached hydrogens (tertiary/aromatic N) is 1. The topological polar surface area (TPSA) is 65.2 Å². The van der Waals surface area contributed by atoms with Crippen molar-refractivity contribution in [3.63, 3.8) is 0 Å². The highest BCUT2D eigenvalue weighted by Gasteiger charge is 2.34. The number of anilines is 1. The Kier molecular flexibility index (Phi) is 3.43. The normalized spacial score (nSPS) is 19.9. The summed E-state index contributed by atoms with van der Waals surface area (Å²) in [5, 5.41) is 3.94. The average molecular weight is 345 g/mol. The number of carbonyl (C=O) groups excluding carboxylic acids is 2. The Labute approximate surface area is 151 Å². The van der Waals surface area contributed by atoms with Crippen molar-refractivity contribution < 1.29 is 9.59 Å². The molecule has 2 N–H and O–H groups in total. The summed E-state index contributed by atoms with van der Waals surface area (Å²) in [7, 11) is 0. The number of rotatable bonds is 3. The Bertz CT molecular complexity index is 1040. The molecule has 5 nitrogen and oxygen atoms in total. The molecule has 0 radical (unpaired) electrons. The molecular formula is C21H19N3O2. The number of ketones is 1. The van der Waals surface area contributed by atoms with Gasteiger partial charge in [-0.25, -0.2) is 0 Å². The highest BCUT2D eigenvalue weighted by Crippen LogP contribution is 2.36. The standard InChI is InChI=1S/C21H19N3O2/c25-20-19-16(5-3-7-18(19)23-21(20)26)13-8-9-24(11-13)12-14-10-22-17-6-2-1-4-15(14)17/h1-7,10,13,22H,8-9,11-12H2,(H,23,25,26). The van der Waals surface area contributed by atoms with Crippen molar-refractivity contribution in [3.05, 3.63) is 65.4 Å². The molecular weight excluding hydrogens is 326 g/mol. The van der Waals surface area contributed by atoms with Crippen molar-refractivity contribution in [2.24, 2.45) is 0 Å². The molecule has 26 heavy (non-hydrogen) atoms. The predicted molar refractivity (Wildman–Crippen MR) is 100 cm³/mol. The minimum absolute atomic E-state index is 0.284. The number of para-hydroxylation sites is 1. The van der Waals surface area contributed by atoms with Crippen molar-refractivity contribution in [1.29, 1.82) is 0 Å². The van der Waals surface area contributed by atoms with Crippen molar-refractivity contribution in [1.82, 2.24) is 9.88 Å². The number of likely N-dealkylation sites (tertiary alicyclic amines) is 1. The average Bonchev–Trinajstić information content (AvgIpc) is 3.35. The lowest BCUT2D eigenvalue weighted by Crippen LogP contribution is -2.20. The zero-order valence-electron chi connectivity index (χ0n) is 14.3. The monoisotopic (exact) mass is 345 g/mol. The SMILES string of the molecule is O=C1Nc2cccc(C3CCN(Cc4c[nH]c5ccccc45)C3)c2C1=O. The zero-order chi connectivity index (χ0) is 17.7. The van der Waals surface area contributed by atoms with Crippen LogP contribution in [0, 0.1) is 0 Å². The summed E-state index contributed by atoms with van der Waals surface area (Å²) in [5.74, 6) is -0.626. The molecule has 3 aromatic rings. The van der Waals surface area contributed by atoms with Gasteiger partial charge < -0.3 is 10.3 Å². The Balaban J connectivity index is 1.38. The summed E-state index contributed by atoms with van der Waals surface area (Å²) in [6, 6.07) is 14.1. The maximum absolute atomic E-state index is 12.2. The molecule has 2 aliphatic heterocycles. The van der Waals surface area contributed by atoms with Gasteiger partial charge in [0.15, 0.2) is 0 Å². The number of hydrogen-bond donors (Lipinski definition) is 2. The quantitative estimate of drug-likeness (QED) is 0.716. The van der Waals surface area contributed by atoms with E-state index < -0.39 is 11.7 Å². The van der Waals surface area contributed by atoms with E-state index in [4.69, 9.17) is 0 Å². The molecule has 2 aliphatic rings. The summed E-state index contributed by atoms with van der Waals surface area (Å²) in [6.07, 6.45) is 3.09. The van der Waals surface area contributed by atoms with Gasteiger partial charge in [-0.3, -0.25) is 14.5 Å². The number of aromatic amines is 1. The summed E-state index contributed by atoms with van der Waals surface area (Å²) >= 11 is 0. The van der Waals surface area contributed by atoms with Gasteiger partial charge in [-0.1, -0.05) is 30.3 Å². The van der Waals surface area contributed by atoms with Gasteiger partial charge in [0.2, 0.25) is 0 Å². The molecule has 0 aliphatic carbocycles. The van der Waals surface area contributed by atoms with Crippen molar-refractivity contribution in [2.45, 2.75) is 18.9 Å². The van der Waals surface area contributed by atoms with E-state index in [0.717, 1.165) is 37.1 Å². The second kappa shape index (κ2) is 5.81. The smallest absolute Gasteiger partial charge is 0.296 e.